The highest BCUT2D eigenvalue weighted by Gasteiger charge is 2.05. The van der Waals surface area contributed by atoms with Gasteiger partial charge in [0, 0.05) is 0 Å². The Bertz CT molecular complexity index is 700. The second kappa shape index (κ2) is 4.31. The molecule has 84 valence electrons. The normalized spacial score (nSPS) is 10.6. The molecule has 0 spiro atoms. The largest absolute Gasteiger partial charge is 0.456 e. The molecule has 0 bridgehead atoms. The molecule has 4 heteroatoms. The van der Waals surface area contributed by atoms with Crippen molar-refractivity contribution in [2.24, 2.45) is 0 Å². The van der Waals surface area contributed by atoms with E-state index in [2.05, 4.69) is 4.98 Å². The van der Waals surface area contributed by atoms with E-state index in [1.165, 1.54) is 11.3 Å². The molecule has 0 aliphatic carbocycles. The number of benzene rings is 2. The van der Waals surface area contributed by atoms with E-state index in [-0.39, 0.29) is 0 Å². The molecule has 3 rings (SSSR count). The summed E-state index contributed by atoms with van der Waals surface area (Å²) in [6.45, 7) is 0. The summed E-state index contributed by atoms with van der Waals surface area (Å²) in [6, 6.07) is 15.7. The summed E-state index contributed by atoms with van der Waals surface area (Å²) in [6.07, 6.45) is 0. The second-order valence-electron chi connectivity index (χ2n) is 3.56. The summed E-state index contributed by atoms with van der Waals surface area (Å²) in [5.41, 5.74) is 1.02. The molecule has 0 aliphatic heterocycles. The molecule has 0 fully saturated rings. The van der Waals surface area contributed by atoms with Crippen molar-refractivity contribution in [3.63, 3.8) is 0 Å². The Morgan fingerprint density at radius 1 is 1.00 bits per heavy atom. The average molecular weight is 259 g/mol. The molecule has 0 saturated heterocycles. The molecule has 1 heterocycles. The summed E-state index contributed by atoms with van der Waals surface area (Å²) in [4.78, 5) is 3.14. The van der Waals surface area contributed by atoms with Crippen LogP contribution in [0.2, 0.25) is 0 Å². The summed E-state index contributed by atoms with van der Waals surface area (Å²) in [5, 5.41) is 0. The van der Waals surface area contributed by atoms with E-state index in [4.69, 9.17) is 17.0 Å². The van der Waals surface area contributed by atoms with E-state index in [9.17, 15) is 0 Å². The molecule has 0 radical (unpaired) electrons. The molecule has 0 aliphatic rings. The number of rotatable bonds is 2. The Labute approximate surface area is 108 Å². The lowest BCUT2D eigenvalue weighted by Gasteiger charge is -2.05. The molecule has 0 atom stereocenters. The monoisotopic (exact) mass is 259 g/mol. The van der Waals surface area contributed by atoms with Crippen LogP contribution in [0.4, 0.5) is 0 Å². The van der Waals surface area contributed by atoms with Crippen molar-refractivity contribution < 1.29 is 4.74 Å². The third-order valence-corrected chi connectivity index (χ3v) is 3.65. The lowest BCUT2D eigenvalue weighted by molar-refractivity contribution is 0.489. The maximum absolute atomic E-state index is 5.85. The summed E-state index contributed by atoms with van der Waals surface area (Å²) in [5.74, 6) is 1.67. The summed E-state index contributed by atoms with van der Waals surface area (Å²) in [7, 11) is 0. The zero-order valence-corrected chi connectivity index (χ0v) is 10.5. The smallest absolute Gasteiger partial charge is 0.159 e. The number of ether oxygens (including phenoxy) is 1. The number of hydrogen-bond donors (Lipinski definition) is 1. The number of H-pyrrole nitrogens is 1. The molecule has 0 amide bonds. The van der Waals surface area contributed by atoms with Gasteiger partial charge >= 0.3 is 0 Å². The van der Waals surface area contributed by atoms with Crippen molar-refractivity contribution in [3.8, 4) is 11.5 Å². The Balaban J connectivity index is 2.09. The van der Waals surface area contributed by atoms with Gasteiger partial charge < -0.3 is 9.72 Å². The highest BCUT2D eigenvalue weighted by atomic mass is 32.1. The predicted molar refractivity (Wildman–Crippen MR) is 73.5 cm³/mol. The minimum atomic E-state index is 0.768. The van der Waals surface area contributed by atoms with E-state index in [1.807, 2.05) is 48.5 Å². The zero-order chi connectivity index (χ0) is 11.7. The van der Waals surface area contributed by atoms with Gasteiger partial charge in [-0.1, -0.05) is 24.3 Å². The first-order chi connectivity index (χ1) is 8.33. The molecule has 3 aromatic rings. The zero-order valence-electron chi connectivity index (χ0n) is 8.84. The molecular formula is C13H9NOS2. The summed E-state index contributed by atoms with van der Waals surface area (Å²) < 4.78 is 7.67. The van der Waals surface area contributed by atoms with Crippen molar-refractivity contribution in [2.45, 2.75) is 0 Å². The Hall–Kier alpha value is -1.65. The minimum Gasteiger partial charge on any atom is -0.456 e. The van der Waals surface area contributed by atoms with E-state index >= 15 is 0 Å². The van der Waals surface area contributed by atoms with Crippen LogP contribution < -0.4 is 4.74 Å². The molecule has 0 saturated carbocycles. The lowest BCUT2D eigenvalue weighted by Crippen LogP contribution is -1.83. The molecule has 2 nitrogen and oxygen atoms in total. The average Bonchev–Trinajstić information content (AvgIpc) is 2.72. The van der Waals surface area contributed by atoms with Gasteiger partial charge in [-0.2, -0.15) is 0 Å². The van der Waals surface area contributed by atoms with Crippen LogP contribution in [-0.2, 0) is 0 Å². The Morgan fingerprint density at radius 2 is 1.82 bits per heavy atom. The SMILES string of the molecule is S=c1[nH]c2cccc(Oc3ccccc3)c2s1. The first-order valence-electron chi connectivity index (χ1n) is 5.18. The van der Waals surface area contributed by atoms with E-state index in [1.54, 1.807) is 0 Å². The summed E-state index contributed by atoms with van der Waals surface area (Å²) >= 11 is 6.68. The van der Waals surface area contributed by atoms with Crippen LogP contribution in [0, 0.1) is 3.95 Å². The standard InChI is InChI=1S/C13H9NOS2/c16-13-14-10-7-4-8-11(12(10)17-13)15-9-5-2-1-3-6-9/h1-8H,(H,14,16). The van der Waals surface area contributed by atoms with Gasteiger partial charge in [0.05, 0.1) is 10.2 Å². The minimum absolute atomic E-state index is 0.768. The molecule has 1 aromatic heterocycles. The van der Waals surface area contributed by atoms with Crippen LogP contribution in [0.15, 0.2) is 48.5 Å². The number of aromatic amines is 1. The maximum atomic E-state index is 5.85. The van der Waals surface area contributed by atoms with Crippen LogP contribution in [0.25, 0.3) is 10.2 Å². The number of para-hydroxylation sites is 1. The predicted octanol–water partition coefficient (Wildman–Crippen LogP) is 4.75. The Morgan fingerprint density at radius 3 is 2.65 bits per heavy atom. The molecular weight excluding hydrogens is 250 g/mol. The fourth-order valence-corrected chi connectivity index (χ4v) is 2.79. The van der Waals surface area contributed by atoms with Gasteiger partial charge in [0.2, 0.25) is 0 Å². The van der Waals surface area contributed by atoms with Gasteiger partial charge in [-0.05, 0) is 36.5 Å². The van der Waals surface area contributed by atoms with Gasteiger partial charge in [0.1, 0.15) is 11.5 Å². The highest BCUT2D eigenvalue weighted by Crippen LogP contribution is 2.32. The van der Waals surface area contributed by atoms with Crippen molar-refractivity contribution in [2.75, 3.05) is 0 Å². The van der Waals surface area contributed by atoms with Crippen LogP contribution >= 0.6 is 23.6 Å². The maximum Gasteiger partial charge on any atom is 0.159 e. The molecule has 2 aromatic carbocycles. The Kier molecular flexibility index (Phi) is 2.66. The van der Waals surface area contributed by atoms with Gasteiger partial charge in [0.15, 0.2) is 3.95 Å². The first kappa shape index (κ1) is 10.5. The molecule has 1 N–H and O–H groups in total. The van der Waals surface area contributed by atoms with Gasteiger partial charge in [-0.3, -0.25) is 0 Å². The van der Waals surface area contributed by atoms with Crippen molar-refractivity contribution >= 4 is 33.8 Å². The van der Waals surface area contributed by atoms with Gasteiger partial charge in [-0.25, -0.2) is 0 Å². The number of nitrogens with one attached hydrogen (secondary N) is 1. The quantitative estimate of drug-likeness (QED) is 0.672. The fraction of sp³-hybridized carbons (Fsp3) is 0. The topological polar surface area (TPSA) is 25.0 Å². The van der Waals surface area contributed by atoms with Gasteiger partial charge in [0.25, 0.3) is 0 Å². The van der Waals surface area contributed by atoms with Crippen LogP contribution in [0.5, 0.6) is 11.5 Å². The van der Waals surface area contributed by atoms with E-state index in [0.717, 1.165) is 25.7 Å². The van der Waals surface area contributed by atoms with E-state index in [0.29, 0.717) is 0 Å². The third kappa shape index (κ3) is 2.09. The van der Waals surface area contributed by atoms with Crippen LogP contribution in [-0.4, -0.2) is 4.98 Å². The number of aromatic nitrogens is 1. The van der Waals surface area contributed by atoms with Crippen LogP contribution in [0.3, 0.4) is 0 Å². The number of thiazole rings is 1. The number of hydrogen-bond acceptors (Lipinski definition) is 3. The first-order valence-corrected chi connectivity index (χ1v) is 6.40. The second-order valence-corrected chi connectivity index (χ2v) is 5.25. The van der Waals surface area contributed by atoms with Crippen molar-refractivity contribution in [1.29, 1.82) is 0 Å². The van der Waals surface area contributed by atoms with Crippen molar-refractivity contribution in [3.05, 3.63) is 52.5 Å². The lowest BCUT2D eigenvalue weighted by atomic mass is 10.3. The van der Waals surface area contributed by atoms with Crippen molar-refractivity contribution in [1.82, 2.24) is 4.98 Å². The molecule has 0 unspecified atom stereocenters. The number of fused-ring (bicyclic) bond motifs is 1. The van der Waals surface area contributed by atoms with Gasteiger partial charge in [-0.15, -0.1) is 11.3 Å². The van der Waals surface area contributed by atoms with Crippen LogP contribution in [0.1, 0.15) is 0 Å². The fourth-order valence-electron chi connectivity index (χ4n) is 1.64. The molecule has 17 heavy (non-hydrogen) atoms. The van der Waals surface area contributed by atoms with E-state index < -0.39 is 0 Å². The highest BCUT2D eigenvalue weighted by molar-refractivity contribution is 7.73. The third-order valence-electron chi connectivity index (χ3n) is 2.38.